The van der Waals surface area contributed by atoms with Gasteiger partial charge in [0.15, 0.2) is 11.5 Å². The third-order valence-electron chi connectivity index (χ3n) is 3.64. The molecule has 4 rings (SSSR count). The molecule has 0 saturated carbocycles. The summed E-state index contributed by atoms with van der Waals surface area (Å²) in [6.07, 6.45) is 1.59. The normalized spacial score (nSPS) is 10.4. The first-order valence-electron chi connectivity index (χ1n) is 7.53. The second kappa shape index (κ2) is 8.05. The molecule has 2 aromatic carbocycles. The van der Waals surface area contributed by atoms with Crippen LogP contribution in [0, 0.1) is 0 Å². The van der Waals surface area contributed by atoms with Crippen molar-refractivity contribution in [1.29, 1.82) is 0 Å². The van der Waals surface area contributed by atoms with Gasteiger partial charge in [0.1, 0.15) is 5.82 Å². The number of fused-ring (bicyclic) bond motifs is 1. The summed E-state index contributed by atoms with van der Waals surface area (Å²) < 4.78 is 13.2. The quantitative estimate of drug-likeness (QED) is 0.402. The number of nitrogens with zero attached hydrogens (tertiary/aromatic N) is 4. The van der Waals surface area contributed by atoms with Gasteiger partial charge in [-0.25, -0.2) is 9.55 Å². The van der Waals surface area contributed by atoms with Crippen LogP contribution in [-0.2, 0) is 0 Å². The summed E-state index contributed by atoms with van der Waals surface area (Å²) in [4.78, 5) is 12.8. The Bertz CT molecular complexity index is 1050. The molecule has 0 atom stereocenters. The van der Waals surface area contributed by atoms with Crippen molar-refractivity contribution in [1.82, 2.24) is 19.5 Å². The summed E-state index contributed by atoms with van der Waals surface area (Å²) in [5.41, 5.74) is 1.63. The molecule has 0 saturated heterocycles. The summed E-state index contributed by atoms with van der Waals surface area (Å²) in [6, 6.07) is 17.2. The van der Waals surface area contributed by atoms with Crippen molar-refractivity contribution in [2.75, 3.05) is 7.11 Å². The number of para-hydroxylation sites is 4. The van der Waals surface area contributed by atoms with E-state index in [2.05, 4.69) is 15.0 Å². The number of imidazole rings is 1. The van der Waals surface area contributed by atoms with E-state index in [0.717, 1.165) is 11.0 Å². The summed E-state index contributed by atoms with van der Waals surface area (Å²) >= 11 is 5.96. The van der Waals surface area contributed by atoms with Gasteiger partial charge in [0.05, 0.1) is 18.1 Å². The SMILES string of the molecule is COc1ccccc1Oc1nc2ccccc2n1-c1ccnc(Cl)n1.[NaH]. The summed E-state index contributed by atoms with van der Waals surface area (Å²) in [5.74, 6) is 1.74. The molecule has 0 unspecified atom stereocenters. The first-order valence-corrected chi connectivity index (χ1v) is 7.91. The maximum atomic E-state index is 6.03. The molecule has 0 spiro atoms. The Kier molecular flexibility index (Phi) is 5.78. The molecule has 0 N–H and O–H groups in total. The van der Waals surface area contributed by atoms with Gasteiger partial charge in [-0.1, -0.05) is 24.3 Å². The first kappa shape index (κ1) is 18.7. The molecule has 0 amide bonds. The van der Waals surface area contributed by atoms with Crippen molar-refractivity contribution in [3.63, 3.8) is 0 Å². The van der Waals surface area contributed by atoms with E-state index in [1.54, 1.807) is 23.9 Å². The molecule has 0 bridgehead atoms. The van der Waals surface area contributed by atoms with Crippen molar-refractivity contribution in [2.45, 2.75) is 0 Å². The van der Waals surface area contributed by atoms with Crippen molar-refractivity contribution < 1.29 is 9.47 Å². The van der Waals surface area contributed by atoms with Crippen LogP contribution in [0.15, 0.2) is 60.8 Å². The van der Waals surface area contributed by atoms with Gasteiger partial charge in [-0.3, -0.25) is 0 Å². The number of hydrogen-bond acceptors (Lipinski definition) is 5. The maximum absolute atomic E-state index is 6.03. The van der Waals surface area contributed by atoms with Crippen LogP contribution in [0.3, 0.4) is 0 Å². The Morgan fingerprint density at radius 1 is 0.923 bits per heavy atom. The van der Waals surface area contributed by atoms with Gasteiger partial charge in [-0.2, -0.15) is 9.97 Å². The van der Waals surface area contributed by atoms with E-state index in [4.69, 9.17) is 21.1 Å². The number of methoxy groups -OCH3 is 1. The average Bonchev–Trinajstić information content (AvgIpc) is 3.00. The van der Waals surface area contributed by atoms with E-state index in [-0.39, 0.29) is 34.8 Å². The van der Waals surface area contributed by atoms with E-state index in [9.17, 15) is 0 Å². The molecule has 0 fully saturated rings. The predicted octanol–water partition coefficient (Wildman–Crippen LogP) is 3.62. The molecule has 126 valence electrons. The summed E-state index contributed by atoms with van der Waals surface area (Å²) in [5, 5.41) is 0.151. The van der Waals surface area contributed by atoms with E-state index in [1.807, 2.05) is 48.5 Å². The molecular formula is C18H14ClN4NaO2. The molecule has 2 heterocycles. The average molecular weight is 377 g/mol. The Morgan fingerprint density at radius 3 is 2.42 bits per heavy atom. The van der Waals surface area contributed by atoms with Crippen LogP contribution in [0.25, 0.3) is 16.9 Å². The number of ether oxygens (including phenoxy) is 2. The van der Waals surface area contributed by atoms with Crippen LogP contribution in [0.1, 0.15) is 0 Å². The van der Waals surface area contributed by atoms with Crippen LogP contribution in [0.4, 0.5) is 0 Å². The number of rotatable bonds is 4. The molecule has 0 aliphatic carbocycles. The van der Waals surface area contributed by atoms with Crippen LogP contribution in [0.5, 0.6) is 17.5 Å². The number of benzene rings is 2. The van der Waals surface area contributed by atoms with Crippen LogP contribution < -0.4 is 9.47 Å². The minimum absolute atomic E-state index is 0. The zero-order valence-electron chi connectivity index (χ0n) is 13.3. The van der Waals surface area contributed by atoms with E-state index in [1.165, 1.54) is 0 Å². The third kappa shape index (κ3) is 3.54. The second-order valence-corrected chi connectivity index (χ2v) is 5.49. The predicted molar refractivity (Wildman–Crippen MR) is 102 cm³/mol. The Hall–Kier alpha value is -2.12. The van der Waals surface area contributed by atoms with Gasteiger partial charge >= 0.3 is 35.6 Å². The zero-order chi connectivity index (χ0) is 17.2. The molecule has 8 heteroatoms. The standard InChI is InChI=1S/C18H13ClN4O2.Na.H/c1-24-14-8-4-5-9-15(14)25-18-21-12-6-2-3-7-13(12)23(18)16-10-11-20-17(19)22-16;;/h2-11H,1H3;;. The number of aromatic nitrogens is 4. The van der Waals surface area contributed by atoms with Crippen molar-refractivity contribution in [3.05, 3.63) is 66.1 Å². The third-order valence-corrected chi connectivity index (χ3v) is 3.82. The fourth-order valence-electron chi connectivity index (χ4n) is 2.55. The van der Waals surface area contributed by atoms with Crippen molar-refractivity contribution >= 4 is 52.2 Å². The van der Waals surface area contributed by atoms with Gasteiger partial charge in [0, 0.05) is 12.3 Å². The minimum atomic E-state index is 0. The fourth-order valence-corrected chi connectivity index (χ4v) is 2.69. The molecule has 6 nitrogen and oxygen atoms in total. The van der Waals surface area contributed by atoms with Gasteiger partial charge < -0.3 is 9.47 Å². The van der Waals surface area contributed by atoms with E-state index in [0.29, 0.717) is 23.3 Å². The van der Waals surface area contributed by atoms with Gasteiger partial charge in [-0.05, 0) is 35.9 Å². The molecule has 26 heavy (non-hydrogen) atoms. The van der Waals surface area contributed by atoms with Crippen LogP contribution in [0.2, 0.25) is 5.28 Å². The Labute approximate surface area is 177 Å². The van der Waals surface area contributed by atoms with Crippen LogP contribution >= 0.6 is 11.6 Å². The van der Waals surface area contributed by atoms with E-state index < -0.39 is 0 Å². The fraction of sp³-hybridized carbons (Fsp3) is 0.0556. The molecule has 0 aliphatic rings. The van der Waals surface area contributed by atoms with Gasteiger partial charge in [0.25, 0.3) is 0 Å². The molecule has 2 aromatic heterocycles. The summed E-state index contributed by atoms with van der Waals surface area (Å²) in [6.45, 7) is 0. The number of hydrogen-bond donors (Lipinski definition) is 0. The van der Waals surface area contributed by atoms with Crippen molar-refractivity contribution in [3.8, 4) is 23.3 Å². The topological polar surface area (TPSA) is 62.1 Å². The summed E-state index contributed by atoms with van der Waals surface area (Å²) in [7, 11) is 1.59. The first-order chi connectivity index (χ1) is 12.3. The second-order valence-electron chi connectivity index (χ2n) is 5.16. The molecular weight excluding hydrogens is 363 g/mol. The van der Waals surface area contributed by atoms with Crippen molar-refractivity contribution in [2.24, 2.45) is 0 Å². The monoisotopic (exact) mass is 376 g/mol. The van der Waals surface area contributed by atoms with Gasteiger partial charge in [-0.15, -0.1) is 0 Å². The molecule has 0 aliphatic heterocycles. The Morgan fingerprint density at radius 2 is 1.65 bits per heavy atom. The van der Waals surface area contributed by atoms with E-state index >= 15 is 0 Å². The van der Waals surface area contributed by atoms with Gasteiger partial charge in [0.2, 0.25) is 5.28 Å². The molecule has 4 aromatic rings. The zero-order valence-corrected chi connectivity index (χ0v) is 14.0. The van der Waals surface area contributed by atoms with Crippen LogP contribution in [-0.4, -0.2) is 56.2 Å². The molecule has 0 radical (unpaired) electrons. The Balaban J connectivity index is 0.00000196. The number of halogens is 1.